The van der Waals surface area contributed by atoms with E-state index in [2.05, 4.69) is 11.8 Å². The summed E-state index contributed by atoms with van der Waals surface area (Å²) in [6.45, 7) is 2.70. The molecular formula is C14H19ClN2O2. The third-order valence-corrected chi connectivity index (χ3v) is 4.09. The van der Waals surface area contributed by atoms with Crippen molar-refractivity contribution >= 4 is 23.2 Å². The van der Waals surface area contributed by atoms with E-state index < -0.39 is 0 Å². The molecule has 104 valence electrons. The molecule has 0 aliphatic carbocycles. The number of amides is 1. The van der Waals surface area contributed by atoms with Gasteiger partial charge in [0.1, 0.15) is 0 Å². The fraction of sp³-hybridized carbons (Fsp3) is 0.500. The topological polar surface area (TPSA) is 66.6 Å². The van der Waals surface area contributed by atoms with Crippen LogP contribution in [0.2, 0.25) is 5.02 Å². The Bertz CT molecular complexity index is 479. The summed E-state index contributed by atoms with van der Waals surface area (Å²) in [6, 6.07) is 5.83. The van der Waals surface area contributed by atoms with Gasteiger partial charge in [0.2, 0.25) is 5.91 Å². The maximum Gasteiger partial charge on any atom is 0.222 e. The number of hydrogen-bond donors (Lipinski definition) is 2. The first-order valence-corrected chi connectivity index (χ1v) is 6.86. The van der Waals surface area contributed by atoms with Gasteiger partial charge in [0.25, 0.3) is 0 Å². The van der Waals surface area contributed by atoms with Crippen LogP contribution in [-0.2, 0) is 11.4 Å². The molecule has 5 heteroatoms. The van der Waals surface area contributed by atoms with Crippen LogP contribution >= 0.6 is 11.6 Å². The van der Waals surface area contributed by atoms with Crippen LogP contribution in [0.3, 0.4) is 0 Å². The maximum absolute atomic E-state index is 11.4. The van der Waals surface area contributed by atoms with Crippen LogP contribution in [0.5, 0.6) is 0 Å². The molecule has 1 aromatic rings. The van der Waals surface area contributed by atoms with Crippen molar-refractivity contribution in [2.45, 2.75) is 32.4 Å². The van der Waals surface area contributed by atoms with E-state index in [0.717, 1.165) is 24.1 Å². The summed E-state index contributed by atoms with van der Waals surface area (Å²) in [7, 11) is 0. The lowest BCUT2D eigenvalue weighted by atomic mass is 9.92. The highest BCUT2D eigenvalue weighted by atomic mass is 35.5. The Labute approximate surface area is 118 Å². The average molecular weight is 283 g/mol. The summed E-state index contributed by atoms with van der Waals surface area (Å²) < 4.78 is 0. The lowest BCUT2D eigenvalue weighted by Gasteiger charge is -2.39. The van der Waals surface area contributed by atoms with E-state index in [1.165, 1.54) is 0 Å². The molecule has 1 aromatic carbocycles. The van der Waals surface area contributed by atoms with Crippen LogP contribution in [0.1, 0.15) is 25.3 Å². The van der Waals surface area contributed by atoms with Gasteiger partial charge >= 0.3 is 0 Å². The zero-order valence-electron chi connectivity index (χ0n) is 11.0. The van der Waals surface area contributed by atoms with Gasteiger partial charge in [-0.05, 0) is 37.5 Å². The van der Waals surface area contributed by atoms with E-state index in [0.29, 0.717) is 17.6 Å². The Hall–Kier alpha value is -1.26. The maximum atomic E-state index is 11.4. The number of aliphatic hydroxyl groups is 1. The molecule has 1 fully saturated rings. The Kier molecular flexibility index (Phi) is 4.32. The first kappa shape index (κ1) is 14.2. The number of aliphatic hydroxyl groups excluding tert-OH is 1. The van der Waals surface area contributed by atoms with E-state index in [4.69, 9.17) is 22.4 Å². The van der Waals surface area contributed by atoms with E-state index in [9.17, 15) is 4.79 Å². The Morgan fingerprint density at radius 2 is 2.26 bits per heavy atom. The van der Waals surface area contributed by atoms with Crippen LogP contribution in [0.25, 0.3) is 0 Å². The number of anilines is 1. The van der Waals surface area contributed by atoms with Crippen molar-refractivity contribution in [3.05, 3.63) is 28.8 Å². The van der Waals surface area contributed by atoms with Crippen molar-refractivity contribution in [3.63, 3.8) is 0 Å². The Balaban J connectivity index is 2.25. The van der Waals surface area contributed by atoms with Crippen molar-refractivity contribution in [1.29, 1.82) is 0 Å². The molecule has 1 heterocycles. The first-order valence-electron chi connectivity index (χ1n) is 6.48. The first-order chi connectivity index (χ1) is 9.02. The van der Waals surface area contributed by atoms with Gasteiger partial charge in [-0.15, -0.1) is 0 Å². The van der Waals surface area contributed by atoms with Gasteiger partial charge in [0.15, 0.2) is 0 Å². The second kappa shape index (κ2) is 5.80. The number of rotatable bonds is 3. The number of benzene rings is 1. The standard InChI is InChI=1S/C14H19ClN2O2/c1-9-2-4-11(14(16)19)7-17(9)13-5-3-10(8-18)6-12(13)15/h3,5-6,9,11,18H,2,4,7-8H2,1H3,(H2,16,19). The van der Waals surface area contributed by atoms with Crippen LogP contribution in [0, 0.1) is 5.92 Å². The van der Waals surface area contributed by atoms with Gasteiger partial charge in [0.05, 0.1) is 23.2 Å². The molecular weight excluding hydrogens is 264 g/mol. The van der Waals surface area contributed by atoms with Gasteiger partial charge in [-0.25, -0.2) is 0 Å². The molecule has 1 amide bonds. The molecule has 0 spiro atoms. The van der Waals surface area contributed by atoms with Gasteiger partial charge in [-0.2, -0.15) is 0 Å². The minimum Gasteiger partial charge on any atom is -0.392 e. The smallest absolute Gasteiger partial charge is 0.222 e. The lowest BCUT2D eigenvalue weighted by Crippen LogP contribution is -2.46. The number of hydrogen-bond acceptors (Lipinski definition) is 3. The zero-order chi connectivity index (χ0) is 14.0. The summed E-state index contributed by atoms with van der Waals surface area (Å²) in [6.07, 6.45) is 1.75. The van der Waals surface area contributed by atoms with Crippen LogP contribution in [0.4, 0.5) is 5.69 Å². The zero-order valence-corrected chi connectivity index (χ0v) is 11.7. The van der Waals surface area contributed by atoms with Crippen molar-refractivity contribution in [2.24, 2.45) is 11.7 Å². The average Bonchev–Trinajstić information content (AvgIpc) is 2.39. The van der Waals surface area contributed by atoms with Gasteiger partial charge in [-0.3, -0.25) is 4.79 Å². The fourth-order valence-electron chi connectivity index (χ4n) is 2.56. The van der Waals surface area contributed by atoms with Crippen molar-refractivity contribution in [3.8, 4) is 0 Å². The van der Waals surface area contributed by atoms with E-state index >= 15 is 0 Å². The number of nitrogens with two attached hydrogens (primary N) is 1. The highest BCUT2D eigenvalue weighted by Crippen LogP contribution is 2.33. The van der Waals surface area contributed by atoms with Crippen LogP contribution < -0.4 is 10.6 Å². The van der Waals surface area contributed by atoms with Gasteiger partial charge in [-0.1, -0.05) is 17.7 Å². The molecule has 2 rings (SSSR count). The normalized spacial score (nSPS) is 23.4. The predicted molar refractivity (Wildman–Crippen MR) is 76.1 cm³/mol. The number of halogens is 1. The summed E-state index contributed by atoms with van der Waals surface area (Å²) in [5, 5.41) is 9.70. The number of piperidine rings is 1. The molecule has 19 heavy (non-hydrogen) atoms. The fourth-order valence-corrected chi connectivity index (χ4v) is 2.87. The summed E-state index contributed by atoms with van der Waals surface area (Å²) in [5.41, 5.74) is 7.09. The molecule has 1 aliphatic heterocycles. The number of carbonyl (C=O) groups excluding carboxylic acids is 1. The molecule has 0 radical (unpaired) electrons. The second-order valence-corrected chi connectivity index (χ2v) is 5.53. The Morgan fingerprint density at radius 3 is 2.84 bits per heavy atom. The largest absolute Gasteiger partial charge is 0.392 e. The second-order valence-electron chi connectivity index (χ2n) is 5.12. The molecule has 2 atom stereocenters. The van der Waals surface area contributed by atoms with E-state index in [1.807, 2.05) is 12.1 Å². The van der Waals surface area contributed by atoms with Crippen molar-refractivity contribution < 1.29 is 9.90 Å². The lowest BCUT2D eigenvalue weighted by molar-refractivity contribution is -0.122. The SMILES string of the molecule is CC1CCC(C(N)=O)CN1c1ccc(CO)cc1Cl. The van der Waals surface area contributed by atoms with E-state index in [-0.39, 0.29) is 18.4 Å². The molecule has 4 nitrogen and oxygen atoms in total. The van der Waals surface area contributed by atoms with Crippen LogP contribution in [0.15, 0.2) is 18.2 Å². The van der Waals surface area contributed by atoms with Crippen molar-refractivity contribution in [2.75, 3.05) is 11.4 Å². The van der Waals surface area contributed by atoms with Crippen LogP contribution in [-0.4, -0.2) is 23.6 Å². The molecule has 0 saturated carbocycles. The summed E-state index contributed by atoms with van der Waals surface area (Å²) >= 11 is 6.27. The molecule has 3 N–H and O–H groups in total. The molecule has 2 unspecified atom stereocenters. The minimum absolute atomic E-state index is 0.0283. The minimum atomic E-state index is -0.250. The third kappa shape index (κ3) is 3.01. The number of nitrogens with zero attached hydrogens (tertiary/aromatic N) is 1. The highest BCUT2D eigenvalue weighted by molar-refractivity contribution is 6.33. The molecule has 0 aromatic heterocycles. The monoisotopic (exact) mass is 282 g/mol. The molecule has 1 saturated heterocycles. The highest BCUT2D eigenvalue weighted by Gasteiger charge is 2.29. The van der Waals surface area contributed by atoms with Gasteiger partial charge < -0.3 is 15.7 Å². The summed E-state index contributed by atoms with van der Waals surface area (Å²) in [5.74, 6) is -0.371. The summed E-state index contributed by atoms with van der Waals surface area (Å²) in [4.78, 5) is 13.5. The predicted octanol–water partition coefficient (Wildman–Crippen LogP) is 1.92. The molecule has 1 aliphatic rings. The van der Waals surface area contributed by atoms with Gasteiger partial charge in [0, 0.05) is 12.6 Å². The quantitative estimate of drug-likeness (QED) is 0.890. The third-order valence-electron chi connectivity index (χ3n) is 3.79. The molecule has 0 bridgehead atoms. The van der Waals surface area contributed by atoms with E-state index in [1.54, 1.807) is 6.07 Å². The Morgan fingerprint density at radius 1 is 1.53 bits per heavy atom. The number of carbonyl (C=O) groups is 1. The number of primary amides is 1. The van der Waals surface area contributed by atoms with Crippen molar-refractivity contribution in [1.82, 2.24) is 0 Å².